The predicted octanol–water partition coefficient (Wildman–Crippen LogP) is 5.67. The van der Waals surface area contributed by atoms with Gasteiger partial charge in [0, 0.05) is 6.61 Å². The molecule has 1 aliphatic heterocycles. The molecular formula is C28H34O3Si. The van der Waals surface area contributed by atoms with Crippen molar-refractivity contribution in [1.82, 2.24) is 0 Å². The Kier molecular flexibility index (Phi) is 7.14. The van der Waals surface area contributed by atoms with Crippen LogP contribution >= 0.6 is 0 Å². The van der Waals surface area contributed by atoms with E-state index in [1.54, 1.807) is 0 Å². The highest BCUT2D eigenvalue weighted by molar-refractivity contribution is 7.00. The van der Waals surface area contributed by atoms with Crippen molar-refractivity contribution in [2.75, 3.05) is 6.61 Å². The molecule has 1 aliphatic rings. The van der Waals surface area contributed by atoms with E-state index in [-0.39, 0.29) is 11.3 Å². The van der Waals surface area contributed by atoms with Crippen molar-refractivity contribution >= 4 is 18.7 Å². The Balaban J connectivity index is 1.67. The molecule has 3 aromatic carbocycles. The molecule has 0 spiro atoms. The zero-order valence-electron chi connectivity index (χ0n) is 19.4. The molecule has 0 aromatic heterocycles. The second kappa shape index (κ2) is 10.0. The second-order valence-electron chi connectivity index (χ2n) is 9.52. The van der Waals surface area contributed by atoms with Crippen LogP contribution in [0.1, 0.15) is 45.6 Å². The molecule has 0 N–H and O–H groups in total. The smallest absolute Gasteiger partial charge is 0.319 e. The summed E-state index contributed by atoms with van der Waals surface area (Å²) in [6, 6.07) is 29.8. The summed E-state index contributed by atoms with van der Waals surface area (Å²) in [5.41, 5.74) is 1.11. The normalized spacial score (nSPS) is 17.2. The van der Waals surface area contributed by atoms with Crippen molar-refractivity contribution in [3.8, 4) is 5.75 Å². The third-order valence-corrected chi connectivity index (χ3v) is 11.1. The van der Waals surface area contributed by atoms with E-state index in [4.69, 9.17) is 13.9 Å². The maximum absolute atomic E-state index is 7.12. The number of ether oxygens (including phenoxy) is 2. The number of hydrogen-bond donors (Lipinski definition) is 0. The van der Waals surface area contributed by atoms with Crippen LogP contribution < -0.4 is 14.8 Å². The van der Waals surface area contributed by atoms with E-state index in [0.29, 0.717) is 6.61 Å². The standard InChI is InChI=1S/C28H34O3Si/c1-28(2,3)32(25-15-6-4-7-16-25,26-17-8-5-9-18-26)31-24-14-12-13-23(21-24)22-30-27-19-10-11-20-29-27/h4-9,12-18,21,27H,10-11,19-20,22H2,1-3H3. The van der Waals surface area contributed by atoms with Gasteiger partial charge in [0.2, 0.25) is 0 Å². The van der Waals surface area contributed by atoms with Crippen molar-refractivity contribution in [3.63, 3.8) is 0 Å². The highest BCUT2D eigenvalue weighted by Crippen LogP contribution is 2.37. The van der Waals surface area contributed by atoms with Gasteiger partial charge in [-0.05, 0) is 52.4 Å². The largest absolute Gasteiger partial charge is 0.534 e. The average molecular weight is 447 g/mol. The molecule has 1 fully saturated rings. The average Bonchev–Trinajstić information content (AvgIpc) is 2.82. The van der Waals surface area contributed by atoms with Crippen LogP contribution in [0.3, 0.4) is 0 Å². The molecule has 168 valence electrons. The monoisotopic (exact) mass is 446 g/mol. The summed E-state index contributed by atoms with van der Waals surface area (Å²) in [5, 5.41) is 2.48. The number of benzene rings is 3. The van der Waals surface area contributed by atoms with Crippen molar-refractivity contribution in [2.45, 2.75) is 58.0 Å². The van der Waals surface area contributed by atoms with E-state index in [1.807, 2.05) is 0 Å². The van der Waals surface area contributed by atoms with Gasteiger partial charge in [-0.2, -0.15) is 0 Å². The minimum Gasteiger partial charge on any atom is -0.534 e. The van der Waals surface area contributed by atoms with Gasteiger partial charge in [0.05, 0.1) is 6.61 Å². The van der Waals surface area contributed by atoms with E-state index < -0.39 is 8.32 Å². The maximum atomic E-state index is 7.12. The molecule has 1 heterocycles. The molecule has 4 rings (SSSR count). The lowest BCUT2D eigenvalue weighted by molar-refractivity contribution is -0.168. The zero-order chi connectivity index (χ0) is 22.4. The minimum atomic E-state index is -2.63. The first kappa shape index (κ1) is 22.8. The maximum Gasteiger partial charge on any atom is 0.319 e. The minimum absolute atomic E-state index is 0.0713. The molecule has 32 heavy (non-hydrogen) atoms. The van der Waals surface area contributed by atoms with Gasteiger partial charge in [-0.15, -0.1) is 0 Å². The molecule has 3 nitrogen and oxygen atoms in total. The SMILES string of the molecule is CC(C)(C)[Si](Oc1cccc(COC2CCCCO2)c1)(c1ccccc1)c1ccccc1. The van der Waals surface area contributed by atoms with Crippen molar-refractivity contribution in [3.05, 3.63) is 90.5 Å². The van der Waals surface area contributed by atoms with E-state index >= 15 is 0 Å². The lowest BCUT2D eigenvalue weighted by atomic mass is 10.2. The van der Waals surface area contributed by atoms with E-state index in [0.717, 1.165) is 30.8 Å². The Morgan fingerprint density at radius 3 is 2.06 bits per heavy atom. The predicted molar refractivity (Wildman–Crippen MR) is 133 cm³/mol. The molecule has 4 heteroatoms. The van der Waals surface area contributed by atoms with Crippen molar-refractivity contribution in [2.24, 2.45) is 0 Å². The van der Waals surface area contributed by atoms with Gasteiger partial charge in [-0.25, -0.2) is 0 Å². The molecule has 0 saturated carbocycles. The number of rotatable bonds is 7. The van der Waals surface area contributed by atoms with Gasteiger partial charge < -0.3 is 13.9 Å². The molecule has 0 aliphatic carbocycles. The van der Waals surface area contributed by atoms with Crippen LogP contribution in [0.5, 0.6) is 5.75 Å². The Labute approximate surface area is 193 Å². The van der Waals surface area contributed by atoms with Crippen LogP contribution in [-0.4, -0.2) is 21.2 Å². The van der Waals surface area contributed by atoms with Crippen LogP contribution in [-0.2, 0) is 16.1 Å². The zero-order valence-corrected chi connectivity index (χ0v) is 20.4. The molecule has 1 unspecified atom stereocenters. The van der Waals surface area contributed by atoms with Crippen LogP contribution in [0.25, 0.3) is 0 Å². The highest BCUT2D eigenvalue weighted by Gasteiger charge is 2.52. The van der Waals surface area contributed by atoms with Gasteiger partial charge in [0.1, 0.15) is 5.75 Å². The summed E-state index contributed by atoms with van der Waals surface area (Å²) in [5.74, 6) is 0.893. The summed E-state index contributed by atoms with van der Waals surface area (Å²) in [4.78, 5) is 0. The molecule has 0 bridgehead atoms. The fraction of sp³-hybridized carbons (Fsp3) is 0.357. The molecule has 3 aromatic rings. The Bertz CT molecular complexity index is 937. The van der Waals surface area contributed by atoms with Crippen LogP contribution in [0, 0.1) is 0 Å². The Hall–Kier alpha value is -2.40. The lowest BCUT2D eigenvalue weighted by Gasteiger charge is -2.43. The van der Waals surface area contributed by atoms with Gasteiger partial charge in [-0.1, -0.05) is 93.6 Å². The third kappa shape index (κ3) is 4.98. The Morgan fingerprint density at radius 1 is 0.844 bits per heavy atom. The van der Waals surface area contributed by atoms with Crippen molar-refractivity contribution < 1.29 is 13.9 Å². The molecule has 0 amide bonds. The molecule has 1 saturated heterocycles. The molecular weight excluding hydrogens is 412 g/mol. The molecule has 1 atom stereocenters. The summed E-state index contributed by atoms with van der Waals surface area (Å²) in [7, 11) is -2.63. The fourth-order valence-corrected chi connectivity index (χ4v) is 8.97. The topological polar surface area (TPSA) is 27.7 Å². The van der Waals surface area contributed by atoms with Gasteiger partial charge in [0.25, 0.3) is 0 Å². The van der Waals surface area contributed by atoms with Crippen LogP contribution in [0.15, 0.2) is 84.9 Å². The summed E-state index contributed by atoms with van der Waals surface area (Å²) >= 11 is 0. The van der Waals surface area contributed by atoms with E-state index in [1.165, 1.54) is 16.8 Å². The summed E-state index contributed by atoms with van der Waals surface area (Å²) < 4.78 is 18.9. The summed E-state index contributed by atoms with van der Waals surface area (Å²) in [6.45, 7) is 8.22. The number of hydrogen-bond acceptors (Lipinski definition) is 3. The fourth-order valence-electron chi connectivity index (χ4n) is 4.56. The first-order chi connectivity index (χ1) is 15.5. The van der Waals surface area contributed by atoms with Gasteiger partial charge in [-0.3, -0.25) is 0 Å². The van der Waals surface area contributed by atoms with Crippen LogP contribution in [0.4, 0.5) is 0 Å². The first-order valence-corrected chi connectivity index (χ1v) is 13.5. The third-order valence-electron chi connectivity index (χ3n) is 6.16. The molecule has 0 radical (unpaired) electrons. The first-order valence-electron chi connectivity index (χ1n) is 11.6. The highest BCUT2D eigenvalue weighted by atomic mass is 28.4. The van der Waals surface area contributed by atoms with E-state index in [9.17, 15) is 0 Å². The summed E-state index contributed by atoms with van der Waals surface area (Å²) in [6.07, 6.45) is 3.17. The van der Waals surface area contributed by atoms with E-state index in [2.05, 4.69) is 106 Å². The van der Waals surface area contributed by atoms with Gasteiger partial charge >= 0.3 is 8.32 Å². The Morgan fingerprint density at radius 2 is 1.50 bits per heavy atom. The quantitative estimate of drug-likeness (QED) is 0.438. The van der Waals surface area contributed by atoms with Crippen LogP contribution in [0.2, 0.25) is 5.04 Å². The second-order valence-corrected chi connectivity index (χ2v) is 13.7. The van der Waals surface area contributed by atoms with Crippen molar-refractivity contribution in [1.29, 1.82) is 0 Å². The van der Waals surface area contributed by atoms with Gasteiger partial charge in [0.15, 0.2) is 6.29 Å². The lowest BCUT2D eigenvalue weighted by Crippen LogP contribution is -2.68.